The molecule has 0 unspecified atom stereocenters. The van der Waals surface area contributed by atoms with Crippen molar-refractivity contribution in [3.8, 4) is 10.4 Å². The number of hydrogen-bond acceptors (Lipinski definition) is 12. The summed E-state index contributed by atoms with van der Waals surface area (Å²) >= 11 is 1.58. The van der Waals surface area contributed by atoms with Crippen LogP contribution in [0.2, 0.25) is 0 Å². The highest BCUT2D eigenvalue weighted by Crippen LogP contribution is 2.30. The highest BCUT2D eigenvalue weighted by atomic mass is 32.1. The normalized spacial score (nSPS) is 19.6. The van der Waals surface area contributed by atoms with Gasteiger partial charge >= 0.3 is 0 Å². The van der Waals surface area contributed by atoms with Gasteiger partial charge in [0.1, 0.15) is 12.1 Å². The van der Waals surface area contributed by atoms with Gasteiger partial charge in [0.2, 0.25) is 23.6 Å². The van der Waals surface area contributed by atoms with E-state index in [4.69, 9.17) is 0 Å². The Bertz CT molecular complexity index is 2040. The minimum absolute atomic E-state index is 0.0117. The lowest BCUT2D eigenvalue weighted by Crippen LogP contribution is -2.58. The van der Waals surface area contributed by atoms with Gasteiger partial charge in [-0.05, 0) is 74.0 Å². The Labute approximate surface area is 382 Å². The molecule has 16 nitrogen and oxygen atoms in total. The first-order valence-corrected chi connectivity index (χ1v) is 23.7. The van der Waals surface area contributed by atoms with Crippen LogP contribution < -0.4 is 26.4 Å². The summed E-state index contributed by atoms with van der Waals surface area (Å²) in [7, 11) is 0. The largest absolute Gasteiger partial charge is 0.391 e. The SMILES string of the molecule is CCCNNC(=O)c1ccc(N2CCN(CC(=O)N3CCN(CCCC(=O)N[C@H](C(=O)N4C[C@H](O)C[C@H]4C(=O)N[C@@H](C)c4ccc(-c5scnc5C)cc4)C(C)(C)C)CC3)CC2)cc1. The van der Waals surface area contributed by atoms with Crippen molar-refractivity contribution < 1.29 is 29.1 Å². The average molecular weight is 901 g/mol. The van der Waals surface area contributed by atoms with E-state index in [0.29, 0.717) is 44.7 Å². The van der Waals surface area contributed by atoms with Crippen LogP contribution in [0.15, 0.2) is 54.0 Å². The van der Waals surface area contributed by atoms with E-state index in [1.807, 2.05) is 100 Å². The number of thiazole rings is 1. The number of aromatic nitrogens is 1. The number of benzene rings is 2. The maximum Gasteiger partial charge on any atom is 0.265 e. The van der Waals surface area contributed by atoms with Gasteiger partial charge in [-0.25, -0.2) is 10.4 Å². The minimum atomic E-state index is -0.891. The zero-order valence-corrected chi connectivity index (χ0v) is 39.2. The fraction of sp³-hybridized carbons (Fsp3) is 0.574. The van der Waals surface area contributed by atoms with Crippen molar-refractivity contribution in [1.29, 1.82) is 0 Å². The van der Waals surface area contributed by atoms with Crippen molar-refractivity contribution in [2.24, 2.45) is 5.41 Å². The number of aryl methyl sites for hydroxylation is 1. The number of anilines is 1. The second-order valence-corrected chi connectivity index (χ2v) is 19.3. The van der Waals surface area contributed by atoms with Gasteiger partial charge in [0, 0.05) is 89.5 Å². The van der Waals surface area contributed by atoms with Crippen molar-refractivity contribution >= 4 is 46.6 Å². The van der Waals surface area contributed by atoms with Gasteiger partial charge in [-0.1, -0.05) is 52.0 Å². The van der Waals surface area contributed by atoms with Gasteiger partial charge in [-0.2, -0.15) is 0 Å². The molecular formula is C47H68N10O6S. The number of carbonyl (C=O) groups excluding carboxylic acids is 5. The van der Waals surface area contributed by atoms with E-state index in [1.165, 1.54) is 4.90 Å². The van der Waals surface area contributed by atoms with Crippen LogP contribution in [0.1, 0.15) is 88.0 Å². The van der Waals surface area contributed by atoms with Crippen LogP contribution in [0, 0.1) is 12.3 Å². The number of rotatable bonds is 17. The van der Waals surface area contributed by atoms with Crippen molar-refractivity contribution in [2.75, 3.05) is 83.4 Å². The summed E-state index contributed by atoms with van der Waals surface area (Å²) in [5, 5.41) is 16.7. The summed E-state index contributed by atoms with van der Waals surface area (Å²) in [6.45, 7) is 19.2. The first-order valence-electron chi connectivity index (χ1n) is 22.8. The summed E-state index contributed by atoms with van der Waals surface area (Å²) in [6, 6.07) is 13.5. The molecule has 0 spiro atoms. The molecule has 0 bridgehead atoms. The summed E-state index contributed by atoms with van der Waals surface area (Å²) in [4.78, 5) is 82.3. The molecule has 4 heterocycles. The quantitative estimate of drug-likeness (QED) is 0.0992. The van der Waals surface area contributed by atoms with Crippen molar-refractivity contribution in [1.82, 2.24) is 46.1 Å². The van der Waals surface area contributed by atoms with Crippen molar-refractivity contribution in [3.05, 3.63) is 70.9 Å². The first-order chi connectivity index (χ1) is 30.6. The molecule has 3 fully saturated rings. The third-order valence-corrected chi connectivity index (χ3v) is 13.4. The lowest BCUT2D eigenvalue weighted by molar-refractivity contribution is -0.144. The van der Waals surface area contributed by atoms with Crippen LogP contribution in [0.25, 0.3) is 10.4 Å². The van der Waals surface area contributed by atoms with Gasteiger partial charge in [0.05, 0.1) is 34.8 Å². The number of nitrogens with zero attached hydrogens (tertiary/aromatic N) is 6. The van der Waals surface area contributed by atoms with Gasteiger partial charge < -0.3 is 30.4 Å². The Hall–Kier alpha value is -4.94. The summed E-state index contributed by atoms with van der Waals surface area (Å²) in [5.74, 6) is -0.997. The predicted octanol–water partition coefficient (Wildman–Crippen LogP) is 3.18. The fourth-order valence-corrected chi connectivity index (χ4v) is 9.36. The molecule has 0 radical (unpaired) electrons. The van der Waals surface area contributed by atoms with E-state index < -0.39 is 23.6 Å². The Morgan fingerprint density at radius 1 is 0.891 bits per heavy atom. The number of hydrogen-bond donors (Lipinski definition) is 5. The highest BCUT2D eigenvalue weighted by Gasteiger charge is 2.44. The molecule has 17 heteroatoms. The number of carbonyl (C=O) groups is 5. The standard InChI is InChI=1S/C47H68N10O6S/c1-7-18-49-52-44(61)36-14-16-37(17-15-36)55-24-22-54(23-25-55)30-41(60)56-26-20-53(21-27-56)19-8-9-40(59)51-43(47(4,5)6)46(63)57-29-38(58)28-39(57)45(62)50-32(2)34-10-12-35(13-11-34)42-33(3)48-31-64-42/h10-17,31-32,38-39,43,49,58H,7-9,18-30H2,1-6H3,(H,50,62)(H,51,59)(H,52,61)/t32-,38+,39-,43+/m0/s1. The third kappa shape index (κ3) is 12.9. The Balaban J connectivity index is 0.901. The zero-order valence-electron chi connectivity index (χ0n) is 38.4. The Kier molecular flexibility index (Phi) is 16.9. The van der Waals surface area contributed by atoms with E-state index in [1.54, 1.807) is 11.3 Å². The molecule has 348 valence electrons. The van der Waals surface area contributed by atoms with Gasteiger partial charge in [-0.15, -0.1) is 11.3 Å². The van der Waals surface area contributed by atoms with Crippen molar-refractivity contribution in [2.45, 2.75) is 91.5 Å². The van der Waals surface area contributed by atoms with E-state index >= 15 is 0 Å². The van der Waals surface area contributed by atoms with Crippen LogP contribution in [0.4, 0.5) is 5.69 Å². The predicted molar refractivity (Wildman–Crippen MR) is 249 cm³/mol. The molecule has 3 saturated heterocycles. The molecule has 6 rings (SSSR count). The molecule has 0 aliphatic carbocycles. The van der Waals surface area contributed by atoms with E-state index in [9.17, 15) is 29.1 Å². The molecule has 0 saturated carbocycles. The first kappa shape index (κ1) is 48.5. The summed E-state index contributed by atoms with van der Waals surface area (Å²) in [5.41, 5.74) is 11.4. The molecule has 3 aromatic rings. The second kappa shape index (κ2) is 22.3. The molecule has 3 aliphatic rings. The molecule has 64 heavy (non-hydrogen) atoms. The maximum absolute atomic E-state index is 14.1. The smallest absolute Gasteiger partial charge is 0.265 e. The number of aliphatic hydroxyl groups is 1. The molecule has 5 N–H and O–H groups in total. The van der Waals surface area contributed by atoms with Crippen LogP contribution in [-0.4, -0.2) is 156 Å². The summed E-state index contributed by atoms with van der Waals surface area (Å²) < 4.78 is 0. The highest BCUT2D eigenvalue weighted by molar-refractivity contribution is 7.13. The van der Waals surface area contributed by atoms with Crippen LogP contribution >= 0.6 is 11.3 Å². The number of hydrazine groups is 1. The number of piperazine rings is 2. The van der Waals surface area contributed by atoms with Gasteiger partial charge in [0.25, 0.3) is 5.91 Å². The van der Waals surface area contributed by atoms with Crippen LogP contribution in [-0.2, 0) is 19.2 Å². The maximum atomic E-state index is 14.1. The molecule has 5 amide bonds. The van der Waals surface area contributed by atoms with Crippen molar-refractivity contribution in [3.63, 3.8) is 0 Å². The second-order valence-electron chi connectivity index (χ2n) is 18.4. The van der Waals surface area contributed by atoms with Crippen LogP contribution in [0.5, 0.6) is 0 Å². The van der Waals surface area contributed by atoms with Gasteiger partial charge in [-0.3, -0.25) is 39.2 Å². The molecule has 3 aliphatic heterocycles. The lowest BCUT2D eigenvalue weighted by Gasteiger charge is -2.38. The number of nitrogens with one attached hydrogen (secondary N) is 4. The van der Waals surface area contributed by atoms with E-state index in [2.05, 4.69) is 41.2 Å². The molecular weight excluding hydrogens is 833 g/mol. The Morgan fingerprint density at radius 3 is 2.19 bits per heavy atom. The third-order valence-electron chi connectivity index (χ3n) is 12.5. The van der Waals surface area contributed by atoms with E-state index in [-0.39, 0.29) is 55.0 Å². The Morgan fingerprint density at radius 2 is 1.56 bits per heavy atom. The number of β-amino-alcohol motifs (C(OH)–C–C–N with tert-alkyl or cyclic N) is 1. The monoisotopic (exact) mass is 901 g/mol. The summed E-state index contributed by atoms with van der Waals surface area (Å²) in [6.07, 6.45) is 1.01. The average Bonchev–Trinajstić information content (AvgIpc) is 3.90. The minimum Gasteiger partial charge on any atom is -0.391 e. The van der Waals surface area contributed by atoms with E-state index in [0.717, 1.165) is 73.1 Å². The molecule has 2 aromatic carbocycles. The molecule has 4 atom stereocenters. The topological polar surface area (TPSA) is 183 Å². The van der Waals surface area contributed by atoms with Crippen LogP contribution in [0.3, 0.4) is 0 Å². The zero-order chi connectivity index (χ0) is 46.0. The number of likely N-dealkylation sites (tertiary alicyclic amines) is 1. The molecule has 1 aromatic heterocycles. The lowest BCUT2D eigenvalue weighted by atomic mass is 9.85. The number of aliphatic hydroxyl groups excluding tert-OH is 1. The fourth-order valence-electron chi connectivity index (χ4n) is 8.55. The van der Waals surface area contributed by atoms with Gasteiger partial charge in [0.15, 0.2) is 0 Å². The number of amides is 5.